The number of carbonyl (C=O) groups is 1. The van der Waals surface area contributed by atoms with Gasteiger partial charge in [0.2, 0.25) is 0 Å². The molecular formula is C10H10N2O3. The fourth-order valence-electron chi connectivity index (χ4n) is 1.38. The molecule has 0 bridgehead atoms. The summed E-state index contributed by atoms with van der Waals surface area (Å²) in [7, 11) is 0. The lowest BCUT2D eigenvalue weighted by molar-refractivity contribution is 0.0689. The van der Waals surface area contributed by atoms with Gasteiger partial charge < -0.3 is 9.52 Å². The van der Waals surface area contributed by atoms with Crippen LogP contribution in [0.15, 0.2) is 28.9 Å². The van der Waals surface area contributed by atoms with E-state index >= 15 is 0 Å². The topological polar surface area (TPSA) is 68.3 Å². The van der Waals surface area contributed by atoms with Gasteiger partial charge in [0.25, 0.3) is 0 Å². The maximum absolute atomic E-state index is 10.7. The van der Waals surface area contributed by atoms with Gasteiger partial charge in [0.05, 0.1) is 6.26 Å². The van der Waals surface area contributed by atoms with E-state index in [9.17, 15) is 4.79 Å². The van der Waals surface area contributed by atoms with E-state index in [0.29, 0.717) is 18.0 Å². The molecule has 2 aromatic rings. The van der Waals surface area contributed by atoms with Gasteiger partial charge in [-0.2, -0.15) is 5.10 Å². The van der Waals surface area contributed by atoms with Crippen LogP contribution in [0.5, 0.6) is 0 Å². The van der Waals surface area contributed by atoms with Gasteiger partial charge in [0.15, 0.2) is 11.5 Å². The van der Waals surface area contributed by atoms with Crippen molar-refractivity contribution in [2.24, 2.45) is 0 Å². The van der Waals surface area contributed by atoms with Crippen molar-refractivity contribution < 1.29 is 14.3 Å². The van der Waals surface area contributed by atoms with Gasteiger partial charge in [-0.1, -0.05) is 0 Å². The quantitative estimate of drug-likeness (QED) is 0.832. The Balaban J connectivity index is 2.51. The molecule has 0 saturated carbocycles. The van der Waals surface area contributed by atoms with E-state index in [4.69, 9.17) is 9.52 Å². The SMILES string of the molecule is CCn1nc(C(=O)O)cc1-c1ccco1. The Hall–Kier alpha value is -2.04. The zero-order valence-corrected chi connectivity index (χ0v) is 8.17. The van der Waals surface area contributed by atoms with E-state index in [-0.39, 0.29) is 5.69 Å². The number of rotatable bonds is 3. The Labute approximate surface area is 85.9 Å². The molecule has 0 aliphatic carbocycles. The minimum absolute atomic E-state index is 0.0308. The summed E-state index contributed by atoms with van der Waals surface area (Å²) in [6.07, 6.45) is 1.54. The minimum Gasteiger partial charge on any atom is -0.476 e. The third kappa shape index (κ3) is 1.63. The number of hydrogen-bond donors (Lipinski definition) is 1. The largest absolute Gasteiger partial charge is 0.476 e. The zero-order chi connectivity index (χ0) is 10.8. The molecule has 78 valence electrons. The summed E-state index contributed by atoms with van der Waals surface area (Å²) in [6, 6.07) is 5.03. The molecule has 0 fully saturated rings. The first-order valence-corrected chi connectivity index (χ1v) is 4.57. The predicted octanol–water partition coefficient (Wildman–Crippen LogP) is 1.86. The van der Waals surface area contributed by atoms with Gasteiger partial charge in [-0.15, -0.1) is 0 Å². The van der Waals surface area contributed by atoms with Crippen molar-refractivity contribution in [3.05, 3.63) is 30.2 Å². The van der Waals surface area contributed by atoms with Crippen LogP contribution in [0.4, 0.5) is 0 Å². The third-order valence-corrected chi connectivity index (χ3v) is 2.07. The van der Waals surface area contributed by atoms with Gasteiger partial charge in [-0.25, -0.2) is 4.79 Å². The summed E-state index contributed by atoms with van der Waals surface area (Å²) >= 11 is 0. The normalized spacial score (nSPS) is 10.5. The lowest BCUT2D eigenvalue weighted by atomic mass is 10.3. The van der Waals surface area contributed by atoms with Crippen LogP contribution in [0.2, 0.25) is 0 Å². The first kappa shape index (κ1) is 9.51. The molecule has 0 saturated heterocycles. The Bertz CT molecular complexity index is 471. The van der Waals surface area contributed by atoms with Gasteiger partial charge in [-0.3, -0.25) is 4.68 Å². The van der Waals surface area contributed by atoms with Crippen LogP contribution >= 0.6 is 0 Å². The molecule has 0 radical (unpaired) electrons. The van der Waals surface area contributed by atoms with E-state index in [2.05, 4.69) is 5.10 Å². The van der Waals surface area contributed by atoms with Crippen molar-refractivity contribution in [2.45, 2.75) is 13.5 Å². The molecule has 0 unspecified atom stereocenters. The van der Waals surface area contributed by atoms with E-state index < -0.39 is 5.97 Å². The van der Waals surface area contributed by atoms with Gasteiger partial charge in [0.1, 0.15) is 5.69 Å². The van der Waals surface area contributed by atoms with Crippen LogP contribution in [-0.4, -0.2) is 20.9 Å². The molecule has 5 heteroatoms. The Morgan fingerprint density at radius 3 is 3.00 bits per heavy atom. The van der Waals surface area contributed by atoms with Gasteiger partial charge >= 0.3 is 5.97 Å². The second-order valence-electron chi connectivity index (χ2n) is 3.01. The van der Waals surface area contributed by atoms with Crippen molar-refractivity contribution in [3.63, 3.8) is 0 Å². The zero-order valence-electron chi connectivity index (χ0n) is 8.17. The standard InChI is InChI=1S/C10H10N2O3/c1-2-12-8(9-4-3-5-15-9)6-7(11-12)10(13)14/h3-6H,2H2,1H3,(H,13,14). The highest BCUT2D eigenvalue weighted by Crippen LogP contribution is 2.20. The smallest absolute Gasteiger partial charge is 0.356 e. The van der Waals surface area contributed by atoms with Crippen LogP contribution in [0.25, 0.3) is 11.5 Å². The summed E-state index contributed by atoms with van der Waals surface area (Å²) in [5.41, 5.74) is 0.711. The molecule has 2 heterocycles. The molecule has 0 aromatic carbocycles. The average Bonchev–Trinajstić information content (AvgIpc) is 2.86. The van der Waals surface area contributed by atoms with E-state index in [0.717, 1.165) is 0 Å². The summed E-state index contributed by atoms with van der Waals surface area (Å²) < 4.78 is 6.80. The lowest BCUT2D eigenvalue weighted by Crippen LogP contribution is -2.02. The summed E-state index contributed by atoms with van der Waals surface area (Å²) in [4.78, 5) is 10.7. The maximum atomic E-state index is 10.7. The molecule has 0 aliphatic rings. The van der Waals surface area contributed by atoms with Crippen LogP contribution in [0, 0.1) is 0 Å². The van der Waals surface area contributed by atoms with E-state index in [1.165, 1.54) is 6.07 Å². The predicted molar refractivity (Wildman–Crippen MR) is 52.6 cm³/mol. The highest BCUT2D eigenvalue weighted by Gasteiger charge is 2.14. The van der Waals surface area contributed by atoms with Crippen LogP contribution in [-0.2, 0) is 6.54 Å². The second-order valence-corrected chi connectivity index (χ2v) is 3.01. The second kappa shape index (κ2) is 3.61. The average molecular weight is 206 g/mol. The minimum atomic E-state index is -1.03. The molecule has 1 N–H and O–H groups in total. The first-order valence-electron chi connectivity index (χ1n) is 4.57. The van der Waals surface area contributed by atoms with Crippen molar-refractivity contribution >= 4 is 5.97 Å². The highest BCUT2D eigenvalue weighted by molar-refractivity contribution is 5.86. The lowest BCUT2D eigenvalue weighted by Gasteiger charge is -1.99. The summed E-state index contributed by atoms with van der Waals surface area (Å²) in [6.45, 7) is 2.49. The van der Waals surface area contributed by atoms with Crippen LogP contribution < -0.4 is 0 Å². The number of aromatic nitrogens is 2. The third-order valence-electron chi connectivity index (χ3n) is 2.07. The number of furan rings is 1. The molecule has 5 nitrogen and oxygen atoms in total. The molecular weight excluding hydrogens is 196 g/mol. The Morgan fingerprint density at radius 1 is 1.67 bits per heavy atom. The fraction of sp³-hybridized carbons (Fsp3) is 0.200. The molecule has 0 spiro atoms. The van der Waals surface area contributed by atoms with Gasteiger partial charge in [-0.05, 0) is 19.1 Å². The van der Waals surface area contributed by atoms with Crippen molar-refractivity contribution in [3.8, 4) is 11.5 Å². The molecule has 0 atom stereocenters. The molecule has 2 rings (SSSR count). The Kier molecular flexibility index (Phi) is 2.29. The monoisotopic (exact) mass is 206 g/mol. The maximum Gasteiger partial charge on any atom is 0.356 e. The summed E-state index contributed by atoms with van der Waals surface area (Å²) in [5.74, 6) is -0.410. The number of carboxylic acid groups (broad SMARTS) is 1. The number of aromatic carboxylic acids is 1. The number of aryl methyl sites for hydroxylation is 1. The van der Waals surface area contributed by atoms with Crippen LogP contribution in [0.1, 0.15) is 17.4 Å². The summed E-state index contributed by atoms with van der Waals surface area (Å²) in [5, 5.41) is 12.8. The van der Waals surface area contributed by atoms with E-state index in [1.54, 1.807) is 23.1 Å². The van der Waals surface area contributed by atoms with Gasteiger partial charge in [0, 0.05) is 12.6 Å². The molecule has 15 heavy (non-hydrogen) atoms. The fourth-order valence-corrected chi connectivity index (χ4v) is 1.38. The molecule has 2 aromatic heterocycles. The van der Waals surface area contributed by atoms with Crippen molar-refractivity contribution in [2.75, 3.05) is 0 Å². The van der Waals surface area contributed by atoms with E-state index in [1.807, 2.05) is 6.92 Å². The van der Waals surface area contributed by atoms with Crippen molar-refractivity contribution in [1.82, 2.24) is 9.78 Å². The number of carboxylic acids is 1. The van der Waals surface area contributed by atoms with Crippen molar-refractivity contribution in [1.29, 1.82) is 0 Å². The number of hydrogen-bond acceptors (Lipinski definition) is 3. The molecule has 0 amide bonds. The number of nitrogens with zero attached hydrogens (tertiary/aromatic N) is 2. The molecule has 0 aliphatic heterocycles. The highest BCUT2D eigenvalue weighted by atomic mass is 16.4. The Morgan fingerprint density at radius 2 is 2.47 bits per heavy atom. The van der Waals surface area contributed by atoms with Crippen LogP contribution in [0.3, 0.4) is 0 Å². The first-order chi connectivity index (χ1) is 7.22.